The molecule has 6 unspecified atom stereocenters. The minimum Gasteiger partial charge on any atom is -0.392 e. The van der Waals surface area contributed by atoms with Gasteiger partial charge >= 0.3 is 0 Å². The van der Waals surface area contributed by atoms with Crippen LogP contribution in [0.5, 0.6) is 0 Å². The Morgan fingerprint density at radius 3 is 1.65 bits per heavy atom. The predicted octanol–water partition coefficient (Wildman–Crippen LogP) is 2.23. The Labute approximate surface area is 139 Å². The minimum atomic E-state index is -0.738. The molecule has 4 heteroatoms. The van der Waals surface area contributed by atoms with E-state index in [1.165, 1.54) is 5.30 Å². The Balaban J connectivity index is 1.96. The summed E-state index contributed by atoms with van der Waals surface area (Å²) in [4.78, 5) is 0. The zero-order chi connectivity index (χ0) is 16.8. The summed E-state index contributed by atoms with van der Waals surface area (Å²) in [5.41, 5.74) is -1.08. The second kappa shape index (κ2) is 4.38. The van der Waals surface area contributed by atoms with E-state index in [0.29, 0.717) is 12.8 Å². The van der Waals surface area contributed by atoms with Gasteiger partial charge in [0.05, 0.1) is 18.3 Å². The molecule has 0 radical (unpaired) electrons. The third-order valence-corrected chi connectivity index (χ3v) is 10.9. The van der Waals surface area contributed by atoms with Crippen LogP contribution in [0.2, 0.25) is 0 Å². The summed E-state index contributed by atoms with van der Waals surface area (Å²) in [6.45, 7) is 8.39. The van der Waals surface area contributed by atoms with Gasteiger partial charge in [-0.3, -0.25) is 0 Å². The maximum Gasteiger partial charge on any atom is 0.0715 e. The molecule has 5 rings (SSSR count). The average Bonchev–Trinajstić information content (AvgIpc) is 2.50. The van der Waals surface area contributed by atoms with E-state index in [2.05, 4.69) is 26.0 Å². The highest BCUT2D eigenvalue weighted by Crippen LogP contribution is 2.81. The Kier molecular flexibility index (Phi) is 3.05. The fraction of sp³-hybridized carbons (Fsp3) is 0.684. The molecule has 4 aliphatic rings. The highest BCUT2D eigenvalue weighted by molar-refractivity contribution is 7.69. The molecule has 23 heavy (non-hydrogen) atoms. The summed E-state index contributed by atoms with van der Waals surface area (Å²) in [6.07, 6.45) is -0.381. The molecule has 2 aliphatic heterocycles. The standard InChI is InChI=1S/C19H27O3P/c1-16-10-18(3)15(22)17(2,13(16)20)11-19(4,14(16)21)23(18)12-8-6-5-7-9-12/h5-9,13-15,20-22H,10-11H2,1-4H3. The van der Waals surface area contributed by atoms with Crippen molar-refractivity contribution in [2.24, 2.45) is 10.8 Å². The van der Waals surface area contributed by atoms with Gasteiger partial charge in [-0.2, -0.15) is 0 Å². The van der Waals surface area contributed by atoms with Crippen molar-refractivity contribution in [1.82, 2.24) is 0 Å². The Bertz CT molecular complexity index is 615. The van der Waals surface area contributed by atoms with Gasteiger partial charge in [-0.25, -0.2) is 0 Å². The van der Waals surface area contributed by atoms with Gasteiger partial charge in [-0.15, -0.1) is 0 Å². The van der Waals surface area contributed by atoms with Crippen LogP contribution in [0, 0.1) is 10.8 Å². The molecular weight excluding hydrogens is 307 g/mol. The smallest absolute Gasteiger partial charge is 0.0715 e. The zero-order valence-corrected chi connectivity index (χ0v) is 15.2. The number of hydrogen-bond donors (Lipinski definition) is 3. The lowest BCUT2D eigenvalue weighted by molar-refractivity contribution is -0.248. The molecule has 4 fully saturated rings. The number of rotatable bonds is 1. The third-order valence-electron chi connectivity index (χ3n) is 7.19. The Morgan fingerprint density at radius 2 is 1.22 bits per heavy atom. The van der Waals surface area contributed by atoms with Crippen molar-refractivity contribution in [2.45, 2.75) is 69.2 Å². The van der Waals surface area contributed by atoms with Gasteiger partial charge in [0.25, 0.3) is 0 Å². The first-order valence-electron chi connectivity index (χ1n) is 8.50. The second-order valence-electron chi connectivity index (χ2n) is 8.96. The fourth-order valence-corrected chi connectivity index (χ4v) is 11.6. The fourth-order valence-electron chi connectivity index (χ4n) is 6.75. The summed E-state index contributed by atoms with van der Waals surface area (Å²) in [5, 5.41) is 34.1. The van der Waals surface area contributed by atoms with Crippen LogP contribution in [0.1, 0.15) is 40.5 Å². The van der Waals surface area contributed by atoms with Gasteiger partial charge in [0, 0.05) is 21.1 Å². The van der Waals surface area contributed by atoms with Crippen molar-refractivity contribution < 1.29 is 15.3 Å². The summed E-state index contributed by atoms with van der Waals surface area (Å²) < 4.78 is 0. The van der Waals surface area contributed by atoms with Gasteiger partial charge in [0.15, 0.2) is 0 Å². The highest BCUT2D eigenvalue weighted by atomic mass is 31.1. The first-order chi connectivity index (χ1) is 10.6. The summed E-state index contributed by atoms with van der Waals surface area (Å²) in [7, 11) is -0.738. The molecule has 1 aromatic rings. The minimum absolute atomic E-state index is 0.272. The number of benzene rings is 1. The lowest BCUT2D eigenvalue weighted by atomic mass is 9.46. The van der Waals surface area contributed by atoms with Gasteiger partial charge in [0.1, 0.15) is 0 Å². The molecule has 2 saturated heterocycles. The largest absolute Gasteiger partial charge is 0.392 e. The van der Waals surface area contributed by atoms with Crippen LogP contribution < -0.4 is 5.30 Å². The van der Waals surface area contributed by atoms with E-state index < -0.39 is 37.1 Å². The van der Waals surface area contributed by atoms with Crippen molar-refractivity contribution >= 4 is 13.2 Å². The van der Waals surface area contributed by atoms with E-state index in [0.717, 1.165) is 0 Å². The van der Waals surface area contributed by atoms with Crippen LogP contribution in [-0.2, 0) is 0 Å². The summed E-state index contributed by atoms with van der Waals surface area (Å²) >= 11 is 0. The average molecular weight is 334 g/mol. The number of aliphatic hydroxyl groups excluding tert-OH is 3. The molecule has 0 amide bonds. The van der Waals surface area contributed by atoms with Crippen LogP contribution in [0.15, 0.2) is 30.3 Å². The van der Waals surface area contributed by atoms with E-state index in [4.69, 9.17) is 0 Å². The summed E-state index contributed by atoms with van der Waals surface area (Å²) in [6, 6.07) is 10.4. The molecule has 0 spiro atoms. The van der Waals surface area contributed by atoms with Crippen molar-refractivity contribution in [3.63, 3.8) is 0 Å². The molecule has 0 aromatic heterocycles. The first kappa shape index (κ1) is 16.0. The maximum absolute atomic E-state index is 11.2. The van der Waals surface area contributed by atoms with Crippen LogP contribution >= 0.6 is 7.92 Å². The SMILES string of the molecule is CC12CC3(C)C(O)C(C)(CC(C)(C1O)P3c1ccccc1)C2O. The van der Waals surface area contributed by atoms with E-state index in [9.17, 15) is 15.3 Å². The van der Waals surface area contributed by atoms with E-state index in [1.807, 2.05) is 32.0 Å². The van der Waals surface area contributed by atoms with Crippen LogP contribution in [0.3, 0.4) is 0 Å². The van der Waals surface area contributed by atoms with Crippen molar-refractivity contribution in [2.75, 3.05) is 0 Å². The lowest BCUT2D eigenvalue weighted by Crippen LogP contribution is -2.80. The third kappa shape index (κ3) is 1.60. The van der Waals surface area contributed by atoms with Crippen LogP contribution in [0.4, 0.5) is 0 Å². The van der Waals surface area contributed by atoms with Crippen molar-refractivity contribution in [3.05, 3.63) is 30.3 Å². The van der Waals surface area contributed by atoms with E-state index in [-0.39, 0.29) is 10.3 Å². The van der Waals surface area contributed by atoms with Crippen LogP contribution in [0.25, 0.3) is 0 Å². The molecule has 3 N–H and O–H groups in total. The first-order valence-corrected chi connectivity index (χ1v) is 9.84. The molecule has 126 valence electrons. The highest BCUT2D eigenvalue weighted by Gasteiger charge is 2.78. The Hall–Kier alpha value is -0.470. The Morgan fingerprint density at radius 1 is 0.783 bits per heavy atom. The predicted molar refractivity (Wildman–Crippen MR) is 93.3 cm³/mol. The van der Waals surface area contributed by atoms with Gasteiger partial charge < -0.3 is 15.3 Å². The van der Waals surface area contributed by atoms with Gasteiger partial charge in [0.2, 0.25) is 0 Å². The molecule has 2 heterocycles. The topological polar surface area (TPSA) is 60.7 Å². The van der Waals surface area contributed by atoms with Crippen LogP contribution in [-0.4, -0.2) is 43.9 Å². The van der Waals surface area contributed by atoms with E-state index >= 15 is 0 Å². The summed E-state index contributed by atoms with van der Waals surface area (Å²) in [5.74, 6) is 0. The normalized spacial score (nSPS) is 57.7. The van der Waals surface area contributed by atoms with Gasteiger partial charge in [-0.1, -0.05) is 65.9 Å². The molecule has 2 aliphatic carbocycles. The molecule has 4 bridgehead atoms. The van der Waals surface area contributed by atoms with Crippen molar-refractivity contribution in [3.8, 4) is 0 Å². The monoisotopic (exact) mass is 334 g/mol. The van der Waals surface area contributed by atoms with Crippen molar-refractivity contribution in [1.29, 1.82) is 0 Å². The molecule has 2 saturated carbocycles. The maximum atomic E-state index is 11.2. The molecule has 1 aromatic carbocycles. The van der Waals surface area contributed by atoms with E-state index in [1.54, 1.807) is 0 Å². The molecular formula is C19H27O3P. The lowest BCUT2D eigenvalue weighted by Gasteiger charge is -2.76. The number of hydrogen-bond acceptors (Lipinski definition) is 3. The molecule has 3 nitrogen and oxygen atoms in total. The quantitative estimate of drug-likeness (QED) is 0.690. The number of aliphatic hydroxyl groups is 3. The zero-order valence-electron chi connectivity index (χ0n) is 14.3. The second-order valence-corrected chi connectivity index (χ2v) is 12.2. The molecule has 6 atom stereocenters. The van der Waals surface area contributed by atoms with Gasteiger partial charge in [-0.05, 0) is 18.1 Å².